The van der Waals surface area contributed by atoms with Gasteiger partial charge in [0.25, 0.3) is 0 Å². The van der Waals surface area contributed by atoms with Crippen molar-refractivity contribution < 1.29 is 0 Å². The van der Waals surface area contributed by atoms with Gasteiger partial charge < -0.3 is 5.41 Å². The summed E-state index contributed by atoms with van der Waals surface area (Å²) in [5.74, 6) is 0. The highest BCUT2D eigenvalue weighted by molar-refractivity contribution is 5.61. The van der Waals surface area contributed by atoms with E-state index in [2.05, 4.69) is 11.8 Å². The Morgan fingerprint density at radius 1 is 1.78 bits per heavy atom. The summed E-state index contributed by atoms with van der Waals surface area (Å²) in [5.41, 5.74) is 0. The van der Waals surface area contributed by atoms with Crippen molar-refractivity contribution in [3.8, 4) is 0 Å². The van der Waals surface area contributed by atoms with Crippen LogP contribution in [0, 0.1) is 5.41 Å². The summed E-state index contributed by atoms with van der Waals surface area (Å²) in [7, 11) is 0. The molecule has 0 unspecified atom stereocenters. The summed E-state index contributed by atoms with van der Waals surface area (Å²) >= 11 is 0. The van der Waals surface area contributed by atoms with E-state index >= 15 is 0 Å². The highest BCUT2D eigenvalue weighted by Gasteiger charge is 2.19. The van der Waals surface area contributed by atoms with Crippen LogP contribution in [0.4, 0.5) is 0 Å². The molecule has 0 aromatic carbocycles. The van der Waals surface area contributed by atoms with Crippen LogP contribution in [0.3, 0.4) is 0 Å². The first kappa shape index (κ1) is 6.75. The zero-order valence-electron chi connectivity index (χ0n) is 5.93. The van der Waals surface area contributed by atoms with Gasteiger partial charge in [-0.25, -0.2) is 0 Å². The van der Waals surface area contributed by atoms with Gasteiger partial charge in [-0.2, -0.15) is 0 Å². The standard InChI is InChI=1S/C7H14N2/c1-2-9-5-3-4-7(9)6-8/h6-8H,2-5H2,1H3/t7-/m1/s1. The Labute approximate surface area is 56.4 Å². The lowest BCUT2D eigenvalue weighted by molar-refractivity contribution is 0.323. The first-order chi connectivity index (χ1) is 4.38. The quantitative estimate of drug-likeness (QED) is 0.551. The third-order valence-corrected chi connectivity index (χ3v) is 2.01. The molecule has 0 aromatic rings. The van der Waals surface area contributed by atoms with Crippen molar-refractivity contribution in [2.75, 3.05) is 13.1 Å². The lowest BCUT2D eigenvalue weighted by atomic mass is 10.2. The molecule has 0 bridgehead atoms. The third kappa shape index (κ3) is 1.30. The van der Waals surface area contributed by atoms with Gasteiger partial charge in [0.2, 0.25) is 0 Å². The van der Waals surface area contributed by atoms with Crippen molar-refractivity contribution in [3.05, 3.63) is 0 Å². The molecule has 1 aliphatic heterocycles. The Morgan fingerprint density at radius 2 is 2.56 bits per heavy atom. The van der Waals surface area contributed by atoms with E-state index in [1.54, 1.807) is 6.21 Å². The minimum absolute atomic E-state index is 0.454. The van der Waals surface area contributed by atoms with Crippen LogP contribution < -0.4 is 0 Å². The lowest BCUT2D eigenvalue weighted by Crippen LogP contribution is -2.29. The van der Waals surface area contributed by atoms with Crippen molar-refractivity contribution in [1.82, 2.24) is 4.90 Å². The second kappa shape index (κ2) is 2.97. The first-order valence-corrected chi connectivity index (χ1v) is 3.63. The Balaban J connectivity index is 2.41. The van der Waals surface area contributed by atoms with Crippen LogP contribution in [-0.4, -0.2) is 30.2 Å². The van der Waals surface area contributed by atoms with E-state index in [1.807, 2.05) is 0 Å². The van der Waals surface area contributed by atoms with Crippen LogP contribution in [0.15, 0.2) is 0 Å². The van der Waals surface area contributed by atoms with Crippen molar-refractivity contribution in [3.63, 3.8) is 0 Å². The van der Waals surface area contributed by atoms with E-state index in [1.165, 1.54) is 19.4 Å². The highest BCUT2D eigenvalue weighted by atomic mass is 15.2. The minimum Gasteiger partial charge on any atom is -0.311 e. The topological polar surface area (TPSA) is 27.1 Å². The third-order valence-electron chi connectivity index (χ3n) is 2.01. The van der Waals surface area contributed by atoms with Crippen LogP contribution >= 0.6 is 0 Å². The minimum atomic E-state index is 0.454. The predicted molar refractivity (Wildman–Crippen MR) is 39.1 cm³/mol. The van der Waals surface area contributed by atoms with E-state index in [0.717, 1.165) is 6.54 Å². The summed E-state index contributed by atoms with van der Waals surface area (Å²) in [6, 6.07) is 0.454. The average Bonchev–Trinajstić information content (AvgIpc) is 2.33. The van der Waals surface area contributed by atoms with Crippen LogP contribution in [0.1, 0.15) is 19.8 Å². The zero-order chi connectivity index (χ0) is 6.69. The second-order valence-electron chi connectivity index (χ2n) is 2.50. The summed E-state index contributed by atoms with van der Waals surface area (Å²) in [6.07, 6.45) is 4.03. The second-order valence-corrected chi connectivity index (χ2v) is 2.50. The number of nitrogens with zero attached hydrogens (tertiary/aromatic N) is 1. The van der Waals surface area contributed by atoms with Crippen molar-refractivity contribution in [2.45, 2.75) is 25.8 Å². The molecule has 0 spiro atoms. The smallest absolute Gasteiger partial charge is 0.0444 e. The summed E-state index contributed by atoms with van der Waals surface area (Å²) in [4.78, 5) is 2.34. The van der Waals surface area contributed by atoms with Gasteiger partial charge in [0.1, 0.15) is 0 Å². The molecule has 1 N–H and O–H groups in total. The molecule has 52 valence electrons. The fraction of sp³-hybridized carbons (Fsp3) is 0.857. The van der Waals surface area contributed by atoms with E-state index in [4.69, 9.17) is 5.41 Å². The maximum Gasteiger partial charge on any atom is 0.0444 e. The molecule has 0 aromatic heterocycles. The Morgan fingerprint density at radius 3 is 3.00 bits per heavy atom. The van der Waals surface area contributed by atoms with E-state index < -0.39 is 0 Å². The molecule has 1 heterocycles. The number of rotatable bonds is 2. The van der Waals surface area contributed by atoms with Gasteiger partial charge in [-0.15, -0.1) is 0 Å². The summed E-state index contributed by atoms with van der Waals surface area (Å²) in [5, 5.41) is 7.07. The Hall–Kier alpha value is -0.370. The van der Waals surface area contributed by atoms with Gasteiger partial charge in [-0.1, -0.05) is 6.92 Å². The van der Waals surface area contributed by atoms with Gasteiger partial charge in [-0.3, -0.25) is 4.90 Å². The van der Waals surface area contributed by atoms with Gasteiger partial charge in [-0.05, 0) is 25.9 Å². The maximum atomic E-state index is 7.07. The molecule has 1 rings (SSSR count). The van der Waals surface area contributed by atoms with Gasteiger partial charge in [0, 0.05) is 12.3 Å². The monoisotopic (exact) mass is 126 g/mol. The number of hydrogen-bond donors (Lipinski definition) is 1. The fourth-order valence-electron chi connectivity index (χ4n) is 1.43. The van der Waals surface area contributed by atoms with Gasteiger partial charge in [0.05, 0.1) is 0 Å². The van der Waals surface area contributed by atoms with Crippen LogP contribution in [0.5, 0.6) is 0 Å². The molecule has 2 heteroatoms. The van der Waals surface area contributed by atoms with E-state index in [0.29, 0.717) is 6.04 Å². The van der Waals surface area contributed by atoms with Gasteiger partial charge in [0.15, 0.2) is 0 Å². The summed E-state index contributed by atoms with van der Waals surface area (Å²) < 4.78 is 0. The van der Waals surface area contributed by atoms with Crippen LogP contribution in [-0.2, 0) is 0 Å². The normalized spacial score (nSPS) is 28.8. The molecule has 0 amide bonds. The SMILES string of the molecule is CCN1CCC[C@@H]1C=N. The molecule has 1 fully saturated rings. The van der Waals surface area contributed by atoms with Crippen LogP contribution in [0.25, 0.3) is 0 Å². The highest BCUT2D eigenvalue weighted by Crippen LogP contribution is 2.13. The molecule has 1 atom stereocenters. The molecule has 9 heavy (non-hydrogen) atoms. The number of likely N-dealkylation sites (tertiary alicyclic amines) is 1. The molecular weight excluding hydrogens is 112 g/mol. The Kier molecular flexibility index (Phi) is 2.22. The molecule has 0 saturated carbocycles. The molecule has 0 radical (unpaired) electrons. The zero-order valence-corrected chi connectivity index (χ0v) is 5.93. The average molecular weight is 126 g/mol. The lowest BCUT2D eigenvalue weighted by Gasteiger charge is -2.17. The fourth-order valence-corrected chi connectivity index (χ4v) is 1.43. The Bertz CT molecular complexity index is 101. The van der Waals surface area contributed by atoms with Crippen molar-refractivity contribution >= 4 is 6.21 Å². The first-order valence-electron chi connectivity index (χ1n) is 3.63. The van der Waals surface area contributed by atoms with Gasteiger partial charge >= 0.3 is 0 Å². The molecular formula is C7H14N2. The van der Waals surface area contributed by atoms with Crippen LogP contribution in [0.2, 0.25) is 0 Å². The molecule has 1 saturated heterocycles. The van der Waals surface area contributed by atoms with Crippen molar-refractivity contribution in [2.24, 2.45) is 0 Å². The molecule has 0 aliphatic carbocycles. The molecule has 2 nitrogen and oxygen atoms in total. The van der Waals surface area contributed by atoms with E-state index in [9.17, 15) is 0 Å². The van der Waals surface area contributed by atoms with E-state index in [-0.39, 0.29) is 0 Å². The summed E-state index contributed by atoms with van der Waals surface area (Å²) in [6.45, 7) is 4.44. The largest absolute Gasteiger partial charge is 0.311 e. The predicted octanol–water partition coefficient (Wildman–Crippen LogP) is 1.12. The van der Waals surface area contributed by atoms with Crippen molar-refractivity contribution in [1.29, 1.82) is 5.41 Å². The number of nitrogens with one attached hydrogen (secondary N) is 1. The maximum absolute atomic E-state index is 7.07. The molecule has 1 aliphatic rings. The number of hydrogen-bond acceptors (Lipinski definition) is 2.